The van der Waals surface area contributed by atoms with E-state index in [2.05, 4.69) is 60.5 Å². The summed E-state index contributed by atoms with van der Waals surface area (Å²) in [5, 5.41) is 4.59. The molecule has 3 aliphatic rings. The summed E-state index contributed by atoms with van der Waals surface area (Å²) in [6.45, 7) is 12.5. The number of aromatic nitrogens is 1. The minimum atomic E-state index is 0.422. The van der Waals surface area contributed by atoms with Crippen LogP contribution in [0.4, 0.5) is 0 Å². The van der Waals surface area contributed by atoms with Gasteiger partial charge in [0.2, 0.25) is 0 Å². The molecule has 2 aromatic carbocycles. The van der Waals surface area contributed by atoms with Crippen molar-refractivity contribution in [2.45, 2.75) is 52.5 Å². The highest BCUT2D eigenvalue weighted by atomic mass is 32.1. The smallest absolute Gasteiger partial charge is 0.124 e. The number of piperidine rings is 1. The van der Waals surface area contributed by atoms with Gasteiger partial charge in [0.05, 0.1) is 18.9 Å². The fraction of sp³-hybridized carbons (Fsp3) is 0.516. The lowest BCUT2D eigenvalue weighted by molar-refractivity contribution is 0.0657. The van der Waals surface area contributed by atoms with Crippen LogP contribution < -0.4 is 10.1 Å². The number of likely N-dealkylation sites (tertiary alicyclic amines) is 1. The number of thiazole rings is 1. The summed E-state index contributed by atoms with van der Waals surface area (Å²) in [7, 11) is 0. The monoisotopic (exact) mass is 517 g/mol. The van der Waals surface area contributed by atoms with Crippen LogP contribution in [0, 0.1) is 19.3 Å². The highest BCUT2D eigenvalue weighted by Crippen LogP contribution is 2.39. The van der Waals surface area contributed by atoms with Crippen LogP contribution in [0.3, 0.4) is 0 Å². The Morgan fingerprint density at radius 1 is 1.08 bits per heavy atom. The fourth-order valence-corrected chi connectivity index (χ4v) is 7.57. The van der Waals surface area contributed by atoms with Crippen LogP contribution >= 0.6 is 11.3 Å². The van der Waals surface area contributed by atoms with E-state index in [4.69, 9.17) is 14.5 Å². The van der Waals surface area contributed by atoms with Crippen LogP contribution in [-0.4, -0.2) is 55.9 Å². The Hall–Kier alpha value is -2.25. The second-order valence-electron chi connectivity index (χ2n) is 11.1. The lowest BCUT2D eigenvalue weighted by Crippen LogP contribution is -2.44. The second kappa shape index (κ2) is 10.9. The molecule has 2 saturated heterocycles. The van der Waals surface area contributed by atoms with E-state index < -0.39 is 0 Å². The van der Waals surface area contributed by atoms with Gasteiger partial charge in [-0.25, -0.2) is 4.98 Å². The molecule has 1 atom stereocenters. The summed E-state index contributed by atoms with van der Waals surface area (Å²) < 4.78 is 12.1. The first-order chi connectivity index (χ1) is 18.1. The van der Waals surface area contributed by atoms with Gasteiger partial charge in [-0.2, -0.15) is 0 Å². The highest BCUT2D eigenvalue weighted by Gasteiger charge is 2.38. The normalized spacial score (nSPS) is 21.9. The van der Waals surface area contributed by atoms with Crippen molar-refractivity contribution in [3.8, 4) is 27.4 Å². The second-order valence-corrected chi connectivity index (χ2v) is 12.2. The zero-order chi connectivity index (χ0) is 25.2. The first-order valence-corrected chi connectivity index (χ1v) is 14.8. The molecular formula is C31H39N3O2S. The third kappa shape index (κ3) is 5.22. The maximum atomic E-state index is 6.35. The third-order valence-electron chi connectivity index (χ3n) is 8.54. The average molecular weight is 518 g/mol. The Morgan fingerprint density at radius 2 is 1.92 bits per heavy atom. The molecule has 196 valence electrons. The van der Waals surface area contributed by atoms with Crippen molar-refractivity contribution in [3.63, 3.8) is 0 Å². The molecule has 2 fully saturated rings. The lowest BCUT2D eigenvalue weighted by atomic mass is 9.79. The van der Waals surface area contributed by atoms with E-state index in [0.29, 0.717) is 5.41 Å². The molecule has 1 spiro atoms. The van der Waals surface area contributed by atoms with Crippen LogP contribution in [0.25, 0.3) is 21.7 Å². The van der Waals surface area contributed by atoms with Crippen molar-refractivity contribution in [2.75, 3.05) is 46.0 Å². The molecule has 6 rings (SSSR count). The van der Waals surface area contributed by atoms with Crippen LogP contribution in [0.5, 0.6) is 5.75 Å². The number of rotatable bonds is 7. The molecule has 0 bridgehead atoms. The Labute approximate surface area is 225 Å². The van der Waals surface area contributed by atoms with Crippen molar-refractivity contribution in [1.29, 1.82) is 0 Å². The maximum absolute atomic E-state index is 6.35. The highest BCUT2D eigenvalue weighted by molar-refractivity contribution is 7.15. The number of hydrogen-bond acceptors (Lipinski definition) is 6. The lowest BCUT2D eigenvalue weighted by Gasteiger charge is -2.39. The van der Waals surface area contributed by atoms with Gasteiger partial charge in [0, 0.05) is 48.6 Å². The molecule has 0 aliphatic carbocycles. The van der Waals surface area contributed by atoms with Gasteiger partial charge in [-0.15, -0.1) is 11.3 Å². The van der Waals surface area contributed by atoms with Gasteiger partial charge in [0.15, 0.2) is 0 Å². The van der Waals surface area contributed by atoms with Gasteiger partial charge in [0.1, 0.15) is 10.8 Å². The standard InChI is InChI=1S/C31H39N3O2S/c1-22-24(7-3-9-26(22)30-33-27-19-32-14-11-29(27)37-30)25-8-4-10-28(23(25)2)36-17-6-16-34-15-5-12-31(20-34)13-18-35-21-31/h3-4,7-10,32H,5-6,11-21H2,1-2H3. The number of hydrogen-bond donors (Lipinski definition) is 1. The molecule has 0 radical (unpaired) electrons. The number of nitrogens with one attached hydrogen (secondary N) is 1. The number of nitrogens with zero attached hydrogens (tertiary/aromatic N) is 2. The summed E-state index contributed by atoms with van der Waals surface area (Å²) in [4.78, 5) is 9.05. The number of ether oxygens (including phenoxy) is 2. The van der Waals surface area contributed by atoms with Crippen molar-refractivity contribution < 1.29 is 9.47 Å². The summed E-state index contributed by atoms with van der Waals surface area (Å²) >= 11 is 1.86. The third-order valence-corrected chi connectivity index (χ3v) is 9.73. The van der Waals surface area contributed by atoms with Gasteiger partial charge in [0.25, 0.3) is 0 Å². The maximum Gasteiger partial charge on any atom is 0.124 e. The number of benzene rings is 2. The topological polar surface area (TPSA) is 46.6 Å². The van der Waals surface area contributed by atoms with Crippen LogP contribution in [0.2, 0.25) is 0 Å². The zero-order valence-corrected chi connectivity index (χ0v) is 23.1. The van der Waals surface area contributed by atoms with Crippen molar-refractivity contribution in [1.82, 2.24) is 15.2 Å². The molecule has 3 aromatic rings. The summed E-state index contributed by atoms with van der Waals surface area (Å²) in [5.41, 5.74) is 7.91. The Morgan fingerprint density at radius 3 is 2.76 bits per heavy atom. The number of fused-ring (bicyclic) bond motifs is 1. The van der Waals surface area contributed by atoms with E-state index in [-0.39, 0.29) is 0 Å². The average Bonchev–Trinajstić information content (AvgIpc) is 3.55. The zero-order valence-electron chi connectivity index (χ0n) is 22.3. The Kier molecular flexibility index (Phi) is 7.35. The SMILES string of the molecule is Cc1c(OCCCN2CCCC3(CCOC3)C2)cccc1-c1cccc(-c2nc3c(s2)CCNC3)c1C. The predicted molar refractivity (Wildman–Crippen MR) is 152 cm³/mol. The van der Waals surface area contributed by atoms with E-state index in [1.807, 2.05) is 11.3 Å². The Bertz CT molecular complexity index is 1220. The van der Waals surface area contributed by atoms with E-state index >= 15 is 0 Å². The van der Waals surface area contributed by atoms with Crippen molar-refractivity contribution >= 4 is 11.3 Å². The summed E-state index contributed by atoms with van der Waals surface area (Å²) in [5.74, 6) is 0.998. The molecule has 1 aromatic heterocycles. The summed E-state index contributed by atoms with van der Waals surface area (Å²) in [6, 6.07) is 13.1. The van der Waals surface area contributed by atoms with Crippen LogP contribution in [0.1, 0.15) is 47.4 Å². The summed E-state index contributed by atoms with van der Waals surface area (Å²) in [6.07, 6.45) is 5.99. The first kappa shape index (κ1) is 25.1. The van der Waals surface area contributed by atoms with Crippen LogP contribution in [-0.2, 0) is 17.7 Å². The molecule has 1 unspecified atom stereocenters. The van der Waals surface area contributed by atoms with E-state index in [0.717, 1.165) is 63.1 Å². The molecule has 0 amide bonds. The van der Waals surface area contributed by atoms with Gasteiger partial charge in [-0.1, -0.05) is 30.3 Å². The minimum absolute atomic E-state index is 0.422. The van der Waals surface area contributed by atoms with Crippen molar-refractivity contribution in [2.24, 2.45) is 5.41 Å². The quantitative estimate of drug-likeness (QED) is 0.389. The van der Waals surface area contributed by atoms with E-state index in [1.165, 1.54) is 70.7 Å². The Balaban J connectivity index is 1.13. The van der Waals surface area contributed by atoms with E-state index in [1.54, 1.807) is 0 Å². The van der Waals surface area contributed by atoms with E-state index in [9.17, 15) is 0 Å². The molecule has 4 heterocycles. The molecule has 3 aliphatic heterocycles. The largest absolute Gasteiger partial charge is 0.493 e. The molecular weight excluding hydrogens is 478 g/mol. The molecule has 5 nitrogen and oxygen atoms in total. The van der Waals surface area contributed by atoms with Crippen LogP contribution in [0.15, 0.2) is 36.4 Å². The van der Waals surface area contributed by atoms with Gasteiger partial charge < -0.3 is 19.7 Å². The molecule has 0 saturated carbocycles. The molecule has 1 N–H and O–H groups in total. The predicted octanol–water partition coefficient (Wildman–Crippen LogP) is 6.01. The minimum Gasteiger partial charge on any atom is -0.493 e. The van der Waals surface area contributed by atoms with Gasteiger partial charge in [-0.3, -0.25) is 0 Å². The molecule has 6 heteroatoms. The van der Waals surface area contributed by atoms with Crippen molar-refractivity contribution in [3.05, 3.63) is 58.1 Å². The molecule has 37 heavy (non-hydrogen) atoms. The first-order valence-electron chi connectivity index (χ1n) is 13.9. The fourth-order valence-electron chi connectivity index (χ4n) is 6.41. The van der Waals surface area contributed by atoms with Gasteiger partial charge >= 0.3 is 0 Å². The van der Waals surface area contributed by atoms with Gasteiger partial charge in [-0.05, 0) is 80.8 Å².